The van der Waals surface area contributed by atoms with Gasteiger partial charge in [0.15, 0.2) is 0 Å². The average molecular weight is 437 g/mol. The number of alkyl halides is 3. The molecule has 0 atom stereocenters. The first-order valence-corrected chi connectivity index (χ1v) is 9.94. The second kappa shape index (κ2) is 8.74. The molecule has 0 unspecified atom stereocenters. The van der Waals surface area contributed by atoms with Crippen LogP contribution in [0.15, 0.2) is 57.3 Å². The molecule has 3 aromatic rings. The number of halogens is 3. The quantitative estimate of drug-likeness (QED) is 0.334. The summed E-state index contributed by atoms with van der Waals surface area (Å²) in [7, 11) is 1.49. The molecule has 0 N–H and O–H groups in total. The van der Waals surface area contributed by atoms with Crippen molar-refractivity contribution < 1.29 is 18.0 Å². The zero-order chi connectivity index (χ0) is 21.9. The molecular formula is C19H18F3N5O2S. The van der Waals surface area contributed by atoms with Gasteiger partial charge in [0.1, 0.15) is 6.61 Å². The fourth-order valence-corrected chi connectivity index (χ4v) is 3.35. The van der Waals surface area contributed by atoms with E-state index in [1.165, 1.54) is 30.9 Å². The number of nitrogens with zero attached hydrogens (tertiary/aromatic N) is 5. The van der Waals surface area contributed by atoms with Crippen molar-refractivity contribution in [2.24, 2.45) is 12.2 Å². The lowest BCUT2D eigenvalue weighted by molar-refractivity contribution is -0.137. The molecule has 158 valence electrons. The number of benzene rings is 2. The second-order valence-corrected chi connectivity index (χ2v) is 7.13. The molecule has 0 aliphatic carbocycles. The fourth-order valence-electron chi connectivity index (χ4n) is 2.72. The molecule has 0 fully saturated rings. The molecule has 0 saturated heterocycles. The predicted molar refractivity (Wildman–Crippen MR) is 107 cm³/mol. The minimum absolute atomic E-state index is 0.00827. The summed E-state index contributed by atoms with van der Waals surface area (Å²) in [5.74, 6) is 0. The molecule has 7 nitrogen and oxygen atoms in total. The lowest BCUT2D eigenvalue weighted by atomic mass is 10.1. The summed E-state index contributed by atoms with van der Waals surface area (Å²) < 4.78 is 41.0. The Hall–Kier alpha value is -3.08. The summed E-state index contributed by atoms with van der Waals surface area (Å²) in [4.78, 5) is 18.5. The van der Waals surface area contributed by atoms with E-state index < -0.39 is 17.4 Å². The van der Waals surface area contributed by atoms with Crippen molar-refractivity contribution in [3.05, 3.63) is 69.6 Å². The standard InChI is InChI=1S/C19H18F3N5O2S/c1-12(13-6-4-7-14(10-13)19(20,21)22)23-29-11-15-16(8-5-9-17(15)30-3)27-18(28)26(2)24-25-27/h4-10H,11H2,1-3H3. The van der Waals surface area contributed by atoms with Gasteiger partial charge in [-0.05, 0) is 53.4 Å². The van der Waals surface area contributed by atoms with Crippen LogP contribution in [0.5, 0.6) is 0 Å². The van der Waals surface area contributed by atoms with Gasteiger partial charge in [0.2, 0.25) is 0 Å². The van der Waals surface area contributed by atoms with E-state index in [9.17, 15) is 18.0 Å². The van der Waals surface area contributed by atoms with Crippen LogP contribution in [0.25, 0.3) is 5.69 Å². The topological polar surface area (TPSA) is 74.3 Å². The molecule has 0 spiro atoms. The van der Waals surface area contributed by atoms with Crippen LogP contribution in [0.4, 0.5) is 13.2 Å². The second-order valence-electron chi connectivity index (χ2n) is 6.28. The van der Waals surface area contributed by atoms with Crippen LogP contribution in [0.2, 0.25) is 0 Å². The van der Waals surface area contributed by atoms with Gasteiger partial charge in [0, 0.05) is 17.5 Å². The van der Waals surface area contributed by atoms with Crippen molar-refractivity contribution in [3.63, 3.8) is 0 Å². The summed E-state index contributed by atoms with van der Waals surface area (Å²) in [5, 5.41) is 11.5. The Morgan fingerprint density at radius 2 is 1.93 bits per heavy atom. The highest BCUT2D eigenvalue weighted by Crippen LogP contribution is 2.30. The molecule has 0 saturated carbocycles. The van der Waals surface area contributed by atoms with Gasteiger partial charge in [-0.15, -0.1) is 11.8 Å². The highest BCUT2D eigenvalue weighted by molar-refractivity contribution is 7.98. The van der Waals surface area contributed by atoms with Crippen molar-refractivity contribution >= 4 is 17.5 Å². The summed E-state index contributed by atoms with van der Waals surface area (Å²) in [6.07, 6.45) is -2.56. The molecule has 0 aliphatic rings. The van der Waals surface area contributed by atoms with Gasteiger partial charge in [0.05, 0.1) is 17.0 Å². The van der Waals surface area contributed by atoms with E-state index in [0.29, 0.717) is 22.5 Å². The highest BCUT2D eigenvalue weighted by atomic mass is 32.2. The van der Waals surface area contributed by atoms with Crippen LogP contribution >= 0.6 is 11.8 Å². The zero-order valence-electron chi connectivity index (χ0n) is 16.3. The Labute approximate surface area is 174 Å². The molecular weight excluding hydrogens is 419 g/mol. The third-order valence-corrected chi connectivity index (χ3v) is 5.12. The van der Waals surface area contributed by atoms with E-state index in [0.717, 1.165) is 26.4 Å². The first kappa shape index (κ1) is 21.6. The monoisotopic (exact) mass is 437 g/mol. The molecule has 3 rings (SSSR count). The van der Waals surface area contributed by atoms with E-state index in [1.54, 1.807) is 19.1 Å². The Bertz CT molecular complexity index is 1140. The normalized spacial score (nSPS) is 12.3. The molecule has 1 aromatic heterocycles. The van der Waals surface area contributed by atoms with E-state index >= 15 is 0 Å². The summed E-state index contributed by atoms with van der Waals surface area (Å²) in [6.45, 7) is 1.55. The van der Waals surface area contributed by atoms with Crippen molar-refractivity contribution in [2.45, 2.75) is 24.6 Å². The van der Waals surface area contributed by atoms with Crippen LogP contribution in [-0.2, 0) is 24.7 Å². The third-order valence-electron chi connectivity index (χ3n) is 4.30. The lowest BCUT2D eigenvalue weighted by Gasteiger charge is -2.12. The first-order valence-electron chi connectivity index (χ1n) is 8.72. The molecule has 11 heteroatoms. The zero-order valence-corrected chi connectivity index (χ0v) is 17.2. The number of rotatable bonds is 6. The van der Waals surface area contributed by atoms with Crippen molar-refractivity contribution in [1.29, 1.82) is 0 Å². The Morgan fingerprint density at radius 1 is 1.20 bits per heavy atom. The van der Waals surface area contributed by atoms with Crippen LogP contribution in [0.1, 0.15) is 23.6 Å². The van der Waals surface area contributed by atoms with Crippen LogP contribution < -0.4 is 5.69 Å². The number of hydrogen-bond donors (Lipinski definition) is 0. The predicted octanol–water partition coefficient (Wildman–Crippen LogP) is 3.65. The Morgan fingerprint density at radius 3 is 2.57 bits per heavy atom. The van der Waals surface area contributed by atoms with E-state index in [1.807, 2.05) is 12.3 Å². The minimum atomic E-state index is -4.44. The number of hydrogen-bond acceptors (Lipinski definition) is 6. The van der Waals surface area contributed by atoms with Gasteiger partial charge in [-0.1, -0.05) is 23.4 Å². The molecule has 0 bridgehead atoms. The number of aryl methyl sites for hydroxylation is 1. The van der Waals surface area contributed by atoms with Gasteiger partial charge in [0.25, 0.3) is 0 Å². The summed E-state index contributed by atoms with van der Waals surface area (Å²) >= 11 is 1.45. The molecule has 0 radical (unpaired) electrons. The van der Waals surface area contributed by atoms with E-state index in [4.69, 9.17) is 4.84 Å². The SMILES string of the molecule is CSc1cccc(-n2nnn(C)c2=O)c1CON=C(C)c1cccc(C(F)(F)F)c1. The van der Waals surface area contributed by atoms with Gasteiger partial charge >= 0.3 is 11.9 Å². The molecule has 0 amide bonds. The minimum Gasteiger partial charge on any atom is -0.391 e. The first-order chi connectivity index (χ1) is 14.2. The van der Waals surface area contributed by atoms with Crippen LogP contribution in [-0.4, -0.2) is 31.8 Å². The number of oxime groups is 1. The maximum absolute atomic E-state index is 12.9. The third kappa shape index (κ3) is 4.56. The molecule has 0 aliphatic heterocycles. The average Bonchev–Trinajstić information content (AvgIpc) is 3.05. The van der Waals surface area contributed by atoms with Crippen molar-refractivity contribution in [2.75, 3.05) is 6.26 Å². The van der Waals surface area contributed by atoms with Gasteiger partial charge < -0.3 is 4.84 Å². The van der Waals surface area contributed by atoms with E-state index in [2.05, 4.69) is 15.6 Å². The summed E-state index contributed by atoms with van der Waals surface area (Å²) in [5.41, 5.74) is 0.569. The summed E-state index contributed by atoms with van der Waals surface area (Å²) in [6, 6.07) is 10.2. The maximum atomic E-state index is 12.9. The molecule has 1 heterocycles. The largest absolute Gasteiger partial charge is 0.416 e. The van der Waals surface area contributed by atoms with Gasteiger partial charge in [-0.3, -0.25) is 0 Å². The number of tetrazole rings is 1. The maximum Gasteiger partial charge on any atom is 0.416 e. The van der Waals surface area contributed by atoms with Crippen LogP contribution in [0, 0.1) is 0 Å². The van der Waals surface area contributed by atoms with Gasteiger partial charge in [-0.2, -0.15) is 22.5 Å². The lowest BCUT2D eigenvalue weighted by Crippen LogP contribution is -2.23. The molecule has 30 heavy (non-hydrogen) atoms. The van der Waals surface area contributed by atoms with Crippen molar-refractivity contribution in [1.82, 2.24) is 19.8 Å². The number of thioether (sulfide) groups is 1. The number of aromatic nitrogens is 4. The smallest absolute Gasteiger partial charge is 0.391 e. The van der Waals surface area contributed by atoms with Gasteiger partial charge in [-0.25, -0.2) is 4.79 Å². The molecule has 2 aromatic carbocycles. The van der Waals surface area contributed by atoms with Crippen LogP contribution in [0.3, 0.4) is 0 Å². The Kier molecular flexibility index (Phi) is 6.30. The van der Waals surface area contributed by atoms with E-state index in [-0.39, 0.29) is 6.61 Å². The fraction of sp³-hybridized carbons (Fsp3) is 0.263. The highest BCUT2D eigenvalue weighted by Gasteiger charge is 2.30. The Balaban J connectivity index is 1.87. The van der Waals surface area contributed by atoms with Crippen molar-refractivity contribution in [3.8, 4) is 5.69 Å².